The first-order chi connectivity index (χ1) is 14.5. The van der Waals surface area contributed by atoms with Gasteiger partial charge in [0.1, 0.15) is 0 Å². The molecule has 0 bridgehead atoms. The van der Waals surface area contributed by atoms with Crippen molar-refractivity contribution < 1.29 is 9.72 Å². The molecule has 0 atom stereocenters. The molecule has 4 aromatic rings. The Labute approximate surface area is 180 Å². The average Bonchev–Trinajstić information content (AvgIpc) is 3.18. The van der Waals surface area contributed by atoms with Gasteiger partial charge in [0.15, 0.2) is 5.13 Å². The van der Waals surface area contributed by atoms with Gasteiger partial charge in [-0.25, -0.2) is 4.98 Å². The minimum Gasteiger partial charge on any atom is -0.298 e. The van der Waals surface area contributed by atoms with E-state index >= 15 is 0 Å². The number of rotatable bonds is 5. The summed E-state index contributed by atoms with van der Waals surface area (Å²) in [6, 6.07) is 22.6. The van der Waals surface area contributed by atoms with Gasteiger partial charge in [0.25, 0.3) is 11.6 Å². The predicted octanol–water partition coefficient (Wildman–Crippen LogP) is 6.29. The molecular weight excluding hydrogens is 422 g/mol. The second kappa shape index (κ2) is 8.44. The zero-order valence-corrected chi connectivity index (χ0v) is 17.0. The van der Waals surface area contributed by atoms with Crippen LogP contribution in [0.15, 0.2) is 78.9 Å². The summed E-state index contributed by atoms with van der Waals surface area (Å²) in [6.07, 6.45) is 0. The van der Waals surface area contributed by atoms with Gasteiger partial charge in [0.05, 0.1) is 15.5 Å². The summed E-state index contributed by atoms with van der Waals surface area (Å²) in [4.78, 5) is 28.6. The van der Waals surface area contributed by atoms with Crippen molar-refractivity contribution in [1.82, 2.24) is 4.98 Å². The molecule has 1 N–H and O–H groups in total. The van der Waals surface area contributed by atoms with Crippen LogP contribution in [0, 0.1) is 10.1 Å². The minimum atomic E-state index is -0.535. The third kappa shape index (κ3) is 4.22. The van der Waals surface area contributed by atoms with Gasteiger partial charge < -0.3 is 0 Å². The fraction of sp³-hybridized carbons (Fsp3) is 0. The van der Waals surface area contributed by atoms with E-state index in [0.29, 0.717) is 10.2 Å². The topological polar surface area (TPSA) is 85.1 Å². The average molecular weight is 436 g/mol. The van der Waals surface area contributed by atoms with Crippen LogP contribution in [0.1, 0.15) is 10.4 Å². The Morgan fingerprint density at radius 2 is 1.70 bits per heavy atom. The van der Waals surface area contributed by atoms with E-state index in [1.165, 1.54) is 35.6 Å². The second-order valence-corrected chi connectivity index (χ2v) is 7.77. The summed E-state index contributed by atoms with van der Waals surface area (Å²) >= 11 is 7.34. The van der Waals surface area contributed by atoms with Crippen LogP contribution >= 0.6 is 22.9 Å². The highest BCUT2D eigenvalue weighted by Crippen LogP contribution is 2.39. The summed E-state index contributed by atoms with van der Waals surface area (Å²) in [5, 5.41) is 14.8. The number of hydrogen-bond donors (Lipinski definition) is 1. The highest BCUT2D eigenvalue weighted by Gasteiger charge is 2.18. The van der Waals surface area contributed by atoms with Crippen molar-refractivity contribution in [2.45, 2.75) is 0 Å². The molecule has 3 aromatic carbocycles. The molecule has 6 nitrogen and oxygen atoms in total. The Morgan fingerprint density at radius 3 is 2.40 bits per heavy atom. The summed E-state index contributed by atoms with van der Waals surface area (Å²) in [5.74, 6) is -0.463. The number of nitrogens with zero attached hydrogens (tertiary/aromatic N) is 2. The van der Waals surface area contributed by atoms with Crippen LogP contribution in [-0.4, -0.2) is 15.8 Å². The largest absolute Gasteiger partial charge is 0.298 e. The molecule has 0 radical (unpaired) electrons. The molecule has 1 heterocycles. The van der Waals surface area contributed by atoms with Crippen LogP contribution in [0.3, 0.4) is 0 Å². The molecule has 0 aliphatic carbocycles. The molecule has 0 unspecified atom stereocenters. The van der Waals surface area contributed by atoms with Crippen molar-refractivity contribution in [2.75, 3.05) is 5.32 Å². The normalized spacial score (nSPS) is 10.6. The second-order valence-electron chi connectivity index (χ2n) is 6.33. The summed E-state index contributed by atoms with van der Waals surface area (Å²) in [7, 11) is 0. The van der Waals surface area contributed by atoms with Crippen molar-refractivity contribution >= 4 is 39.7 Å². The highest BCUT2D eigenvalue weighted by atomic mass is 35.5. The fourth-order valence-corrected chi connectivity index (χ4v) is 4.01. The Morgan fingerprint density at radius 1 is 0.967 bits per heavy atom. The quantitative estimate of drug-likeness (QED) is 0.295. The van der Waals surface area contributed by atoms with E-state index in [9.17, 15) is 14.9 Å². The van der Waals surface area contributed by atoms with Crippen LogP contribution in [0.5, 0.6) is 0 Å². The maximum Gasteiger partial charge on any atom is 0.270 e. The van der Waals surface area contributed by atoms with Crippen LogP contribution in [0.25, 0.3) is 21.7 Å². The molecule has 1 amide bonds. The number of benzene rings is 3. The van der Waals surface area contributed by atoms with E-state index in [1.807, 2.05) is 42.5 Å². The number of anilines is 1. The molecule has 30 heavy (non-hydrogen) atoms. The number of nitrogens with one attached hydrogen (secondary N) is 1. The molecule has 148 valence electrons. The molecule has 1 aromatic heterocycles. The molecule has 8 heteroatoms. The van der Waals surface area contributed by atoms with Crippen molar-refractivity contribution in [3.05, 3.63) is 99.6 Å². The number of thiazole rings is 1. The van der Waals surface area contributed by atoms with Gasteiger partial charge in [-0.1, -0.05) is 71.5 Å². The van der Waals surface area contributed by atoms with Gasteiger partial charge >= 0.3 is 0 Å². The van der Waals surface area contributed by atoms with Gasteiger partial charge in [-0.05, 0) is 23.8 Å². The monoisotopic (exact) mass is 435 g/mol. The van der Waals surface area contributed by atoms with E-state index in [2.05, 4.69) is 10.3 Å². The molecule has 4 rings (SSSR count). The van der Waals surface area contributed by atoms with Crippen molar-refractivity contribution in [1.29, 1.82) is 0 Å². The Balaban J connectivity index is 1.71. The summed E-state index contributed by atoms with van der Waals surface area (Å²) < 4.78 is 0. The van der Waals surface area contributed by atoms with E-state index in [4.69, 9.17) is 11.6 Å². The molecule has 0 aliphatic heterocycles. The van der Waals surface area contributed by atoms with E-state index in [0.717, 1.165) is 21.7 Å². The smallest absolute Gasteiger partial charge is 0.270 e. The van der Waals surface area contributed by atoms with Crippen LogP contribution in [0.4, 0.5) is 10.8 Å². The summed E-state index contributed by atoms with van der Waals surface area (Å²) in [5.41, 5.74) is 2.61. The van der Waals surface area contributed by atoms with Crippen LogP contribution in [0.2, 0.25) is 5.02 Å². The van der Waals surface area contributed by atoms with E-state index in [1.54, 1.807) is 12.1 Å². The number of carbonyl (C=O) groups excluding carboxylic acids is 1. The van der Waals surface area contributed by atoms with Gasteiger partial charge in [-0.15, -0.1) is 0 Å². The third-order valence-corrected chi connectivity index (χ3v) is 5.59. The standard InChI is InChI=1S/C22H14ClN3O3S/c23-17-11-9-15(10-12-17)20-19(14-5-2-1-3-6-14)24-22(30-20)25-21(27)16-7-4-8-18(13-16)26(28)29/h1-13H,(H,24,25,27). The zero-order valence-electron chi connectivity index (χ0n) is 15.4. The SMILES string of the molecule is O=C(Nc1nc(-c2ccccc2)c(-c2ccc(Cl)cc2)s1)c1cccc([N+](=O)[O-])c1. The number of amides is 1. The third-order valence-electron chi connectivity index (χ3n) is 4.32. The van der Waals surface area contributed by atoms with Gasteiger partial charge in [-0.3, -0.25) is 20.2 Å². The predicted molar refractivity (Wildman–Crippen MR) is 119 cm³/mol. The van der Waals surface area contributed by atoms with Crippen molar-refractivity contribution in [2.24, 2.45) is 0 Å². The molecule has 0 spiro atoms. The molecule has 0 saturated carbocycles. The van der Waals surface area contributed by atoms with Crippen molar-refractivity contribution in [3.8, 4) is 21.7 Å². The fourth-order valence-electron chi connectivity index (χ4n) is 2.89. The van der Waals surface area contributed by atoms with Crippen molar-refractivity contribution in [3.63, 3.8) is 0 Å². The van der Waals surface area contributed by atoms with Crippen LogP contribution < -0.4 is 5.32 Å². The van der Waals surface area contributed by atoms with E-state index < -0.39 is 10.8 Å². The maximum atomic E-state index is 12.6. The lowest BCUT2D eigenvalue weighted by Gasteiger charge is -2.02. The lowest BCUT2D eigenvalue weighted by molar-refractivity contribution is -0.384. The number of nitro benzene ring substituents is 1. The molecular formula is C22H14ClN3O3S. The van der Waals surface area contributed by atoms with Gasteiger partial charge in [0, 0.05) is 28.3 Å². The number of aromatic nitrogens is 1. The summed E-state index contributed by atoms with van der Waals surface area (Å²) in [6.45, 7) is 0. The molecule has 0 aliphatic rings. The molecule has 0 saturated heterocycles. The lowest BCUT2D eigenvalue weighted by Crippen LogP contribution is -2.11. The maximum absolute atomic E-state index is 12.6. The Hall–Kier alpha value is -3.55. The van der Waals surface area contributed by atoms with Gasteiger partial charge in [-0.2, -0.15) is 0 Å². The molecule has 0 fully saturated rings. The number of halogens is 1. The highest BCUT2D eigenvalue weighted by molar-refractivity contribution is 7.19. The van der Waals surface area contributed by atoms with Crippen LogP contribution in [-0.2, 0) is 0 Å². The number of non-ortho nitro benzene ring substituents is 1. The Bertz CT molecular complexity index is 1220. The zero-order chi connectivity index (χ0) is 21.1. The lowest BCUT2D eigenvalue weighted by atomic mass is 10.1. The first kappa shape index (κ1) is 19.8. The van der Waals surface area contributed by atoms with E-state index in [-0.39, 0.29) is 11.3 Å². The Kier molecular flexibility index (Phi) is 5.56. The first-order valence-corrected chi connectivity index (χ1v) is 10.1. The minimum absolute atomic E-state index is 0.145. The first-order valence-electron chi connectivity index (χ1n) is 8.89. The number of carbonyl (C=O) groups is 1. The number of nitro groups is 1. The number of hydrogen-bond acceptors (Lipinski definition) is 5. The van der Waals surface area contributed by atoms with Gasteiger partial charge in [0.2, 0.25) is 0 Å².